The number of rotatable bonds is 3. The van der Waals surface area contributed by atoms with Crippen molar-refractivity contribution in [2.45, 2.75) is 30.8 Å². The van der Waals surface area contributed by atoms with Crippen molar-refractivity contribution in [2.24, 2.45) is 0 Å². The molecule has 0 amide bonds. The molecule has 1 unspecified atom stereocenters. The molecule has 0 N–H and O–H groups in total. The molecule has 0 bridgehead atoms. The van der Waals surface area contributed by atoms with E-state index in [0.29, 0.717) is 5.82 Å². The van der Waals surface area contributed by atoms with Gasteiger partial charge in [0.25, 0.3) is 5.16 Å². The van der Waals surface area contributed by atoms with Crippen LogP contribution in [0.2, 0.25) is 0 Å². The quantitative estimate of drug-likeness (QED) is 0.874. The third kappa shape index (κ3) is 2.40. The van der Waals surface area contributed by atoms with Crippen molar-refractivity contribution in [2.75, 3.05) is 6.26 Å². The van der Waals surface area contributed by atoms with E-state index in [0.717, 1.165) is 24.7 Å². The summed E-state index contributed by atoms with van der Waals surface area (Å²) in [4.78, 5) is 0. The van der Waals surface area contributed by atoms with Gasteiger partial charge in [0.15, 0.2) is 0 Å². The summed E-state index contributed by atoms with van der Waals surface area (Å²) in [5.41, 5.74) is 2.27. The van der Waals surface area contributed by atoms with E-state index >= 15 is 0 Å². The molecule has 1 aliphatic heterocycles. The van der Waals surface area contributed by atoms with E-state index in [1.54, 1.807) is 10.8 Å². The van der Waals surface area contributed by atoms with Gasteiger partial charge in [0.2, 0.25) is 9.84 Å². The average molecular weight is 303 g/mol. The Labute approximate surface area is 124 Å². The van der Waals surface area contributed by atoms with Crippen LogP contribution in [0.3, 0.4) is 0 Å². The van der Waals surface area contributed by atoms with Crippen LogP contribution in [0.5, 0.6) is 0 Å². The lowest BCUT2D eigenvalue weighted by molar-refractivity contribution is 0.589. The third-order valence-corrected chi connectivity index (χ3v) is 4.63. The van der Waals surface area contributed by atoms with Crippen LogP contribution in [0.15, 0.2) is 29.4 Å². The van der Waals surface area contributed by atoms with Gasteiger partial charge in [0.05, 0.1) is 0 Å². The van der Waals surface area contributed by atoms with Gasteiger partial charge in [0.1, 0.15) is 5.82 Å². The number of aromatic nitrogens is 3. The molecule has 3 rings (SSSR count). The first-order valence-electron chi connectivity index (χ1n) is 6.94. The Balaban J connectivity index is 2.25. The molecule has 0 aliphatic carbocycles. The van der Waals surface area contributed by atoms with Crippen LogP contribution < -0.4 is 0 Å². The molecule has 110 valence electrons. The predicted octanol–water partition coefficient (Wildman–Crippen LogP) is 2.55. The van der Waals surface area contributed by atoms with Gasteiger partial charge >= 0.3 is 0 Å². The zero-order valence-corrected chi connectivity index (χ0v) is 12.8. The summed E-state index contributed by atoms with van der Waals surface area (Å²) in [6.07, 6.45) is 6.72. The number of hydrogen-bond acceptors (Lipinski definition) is 4. The third-order valence-electron chi connectivity index (χ3n) is 3.69. The Kier molecular flexibility index (Phi) is 3.41. The van der Waals surface area contributed by atoms with Crippen molar-refractivity contribution < 1.29 is 8.42 Å². The van der Waals surface area contributed by atoms with E-state index in [9.17, 15) is 8.42 Å². The molecule has 1 aromatic heterocycles. The van der Waals surface area contributed by atoms with Gasteiger partial charge in [-0.2, -0.15) is 0 Å². The first-order valence-corrected chi connectivity index (χ1v) is 8.83. The lowest BCUT2D eigenvalue weighted by Crippen LogP contribution is -2.10. The second kappa shape index (κ2) is 5.11. The molecule has 0 radical (unpaired) electrons. The monoisotopic (exact) mass is 303 g/mol. The molecule has 5 nitrogen and oxygen atoms in total. The maximum atomic E-state index is 11.9. The molecule has 2 heterocycles. The van der Waals surface area contributed by atoms with Crippen molar-refractivity contribution >= 4 is 22.1 Å². The van der Waals surface area contributed by atoms with Crippen molar-refractivity contribution in [3.05, 3.63) is 41.2 Å². The normalized spacial score (nSPS) is 17.1. The minimum Gasteiger partial charge on any atom is -0.276 e. The lowest BCUT2D eigenvalue weighted by atomic mass is 9.90. The zero-order valence-electron chi connectivity index (χ0n) is 12.0. The molecule has 0 saturated heterocycles. The summed E-state index contributed by atoms with van der Waals surface area (Å²) in [5.74, 6) is 0.752. The second-order valence-corrected chi connectivity index (χ2v) is 7.18. The van der Waals surface area contributed by atoms with Gasteiger partial charge in [-0.05, 0) is 23.6 Å². The Hall–Kier alpha value is -1.95. The van der Waals surface area contributed by atoms with E-state index in [1.165, 1.54) is 5.56 Å². The van der Waals surface area contributed by atoms with Crippen molar-refractivity contribution in [3.8, 4) is 0 Å². The molecule has 1 aliphatic rings. The number of benzene rings is 1. The second-order valence-electron chi connectivity index (χ2n) is 5.27. The molecule has 6 heteroatoms. The fraction of sp³-hybridized carbons (Fsp3) is 0.333. The predicted molar refractivity (Wildman–Crippen MR) is 81.5 cm³/mol. The molecule has 21 heavy (non-hydrogen) atoms. The summed E-state index contributed by atoms with van der Waals surface area (Å²) >= 11 is 0. The van der Waals surface area contributed by atoms with Crippen molar-refractivity contribution in [1.29, 1.82) is 0 Å². The van der Waals surface area contributed by atoms with Crippen molar-refractivity contribution in [1.82, 2.24) is 14.8 Å². The topological polar surface area (TPSA) is 64.8 Å². The largest absolute Gasteiger partial charge is 0.276 e. The number of nitrogens with zero attached hydrogens (tertiary/aromatic N) is 3. The minimum absolute atomic E-state index is 0.00246. The molecule has 0 saturated carbocycles. The summed E-state index contributed by atoms with van der Waals surface area (Å²) in [6.45, 7) is 2.11. The van der Waals surface area contributed by atoms with E-state index in [4.69, 9.17) is 0 Å². The van der Waals surface area contributed by atoms with Gasteiger partial charge in [-0.15, -0.1) is 10.2 Å². The molecular formula is C15H17N3O2S. The van der Waals surface area contributed by atoms with E-state index in [2.05, 4.69) is 23.2 Å². The first kappa shape index (κ1) is 14.0. The van der Waals surface area contributed by atoms with Crippen LogP contribution >= 0.6 is 0 Å². The fourth-order valence-electron chi connectivity index (χ4n) is 2.77. The van der Waals surface area contributed by atoms with Crippen LogP contribution in [-0.2, 0) is 9.84 Å². The van der Waals surface area contributed by atoms with Crippen molar-refractivity contribution in [3.63, 3.8) is 0 Å². The minimum atomic E-state index is -3.40. The Bertz CT molecular complexity index is 806. The van der Waals surface area contributed by atoms with Crippen LogP contribution in [0.1, 0.15) is 42.6 Å². The summed E-state index contributed by atoms with van der Waals surface area (Å²) < 4.78 is 25.3. The zero-order chi connectivity index (χ0) is 15.0. The van der Waals surface area contributed by atoms with Gasteiger partial charge in [-0.25, -0.2) is 8.42 Å². The smallest absolute Gasteiger partial charge is 0.253 e. The van der Waals surface area contributed by atoms with Gasteiger partial charge in [-0.1, -0.05) is 37.6 Å². The van der Waals surface area contributed by atoms with Crippen LogP contribution in [-0.4, -0.2) is 29.4 Å². The molecule has 0 fully saturated rings. The fourth-order valence-corrected chi connectivity index (χ4v) is 3.47. The maximum absolute atomic E-state index is 11.9. The lowest BCUT2D eigenvalue weighted by Gasteiger charge is -2.16. The Morgan fingerprint density at radius 3 is 2.71 bits per heavy atom. The standard InChI is InChI=1S/C15H17N3O2S/c1-3-6-13-12-8-5-4-7-11(12)9-10-18-14(13)16-17-15(18)21(2,19)20/h4-5,7-10,13H,3,6H2,1-2H3. The average Bonchev–Trinajstić information content (AvgIpc) is 2.81. The van der Waals surface area contributed by atoms with Gasteiger partial charge in [0, 0.05) is 18.4 Å². The van der Waals surface area contributed by atoms with Gasteiger partial charge in [-0.3, -0.25) is 4.57 Å². The van der Waals surface area contributed by atoms with Gasteiger partial charge < -0.3 is 0 Å². The molecule has 2 aromatic rings. The molecule has 0 spiro atoms. The van der Waals surface area contributed by atoms with E-state index in [1.807, 2.05) is 24.3 Å². The summed E-state index contributed by atoms with van der Waals surface area (Å²) in [5, 5.41) is 8.06. The molecule has 1 aromatic carbocycles. The number of hydrogen-bond donors (Lipinski definition) is 0. The number of fused-ring (bicyclic) bond motifs is 2. The summed E-state index contributed by atoms with van der Waals surface area (Å²) in [6, 6.07) is 8.09. The highest BCUT2D eigenvalue weighted by Gasteiger charge is 2.28. The SMILES string of the molecule is CCCC1c2ccccc2C=Cn2c1nnc2S(C)(=O)=O. The van der Waals surface area contributed by atoms with Crippen LogP contribution in [0.25, 0.3) is 12.3 Å². The van der Waals surface area contributed by atoms with E-state index < -0.39 is 9.84 Å². The summed E-state index contributed by atoms with van der Waals surface area (Å²) in [7, 11) is -3.40. The Morgan fingerprint density at radius 1 is 1.24 bits per heavy atom. The highest BCUT2D eigenvalue weighted by atomic mass is 32.2. The first-order chi connectivity index (χ1) is 10.0. The highest BCUT2D eigenvalue weighted by Crippen LogP contribution is 2.34. The molecule has 1 atom stereocenters. The van der Waals surface area contributed by atoms with E-state index in [-0.39, 0.29) is 11.1 Å². The van der Waals surface area contributed by atoms with Crippen LogP contribution in [0.4, 0.5) is 0 Å². The Morgan fingerprint density at radius 2 is 2.00 bits per heavy atom. The number of sulfone groups is 1. The van der Waals surface area contributed by atoms with Crippen LogP contribution in [0, 0.1) is 0 Å². The molecular weight excluding hydrogens is 286 g/mol. The highest BCUT2D eigenvalue weighted by molar-refractivity contribution is 7.90. The maximum Gasteiger partial charge on any atom is 0.253 e.